The second-order valence-corrected chi connectivity index (χ2v) is 5.76. The Labute approximate surface area is 123 Å². The molecule has 19 heavy (non-hydrogen) atoms. The quantitative estimate of drug-likeness (QED) is 0.866. The number of carbonyl (C=O) groups is 1. The van der Waals surface area contributed by atoms with Crippen LogP contribution in [0, 0.1) is 6.92 Å². The molecule has 1 aromatic heterocycles. The van der Waals surface area contributed by atoms with Crippen LogP contribution in [-0.2, 0) is 11.8 Å². The molecule has 1 N–H and O–H groups in total. The van der Waals surface area contributed by atoms with E-state index in [0.29, 0.717) is 5.16 Å². The monoisotopic (exact) mass is 341 g/mol. The SMILES string of the molecule is Cc1c(Br)cccc1-c1nnc(SCC(=O)O)n1C. The van der Waals surface area contributed by atoms with Crippen molar-refractivity contribution in [3.63, 3.8) is 0 Å². The van der Waals surface area contributed by atoms with E-state index in [4.69, 9.17) is 5.11 Å². The highest BCUT2D eigenvalue weighted by Gasteiger charge is 2.14. The maximum absolute atomic E-state index is 10.6. The van der Waals surface area contributed by atoms with E-state index in [1.54, 1.807) is 0 Å². The van der Waals surface area contributed by atoms with E-state index in [1.165, 1.54) is 0 Å². The van der Waals surface area contributed by atoms with Gasteiger partial charge in [-0.25, -0.2) is 0 Å². The summed E-state index contributed by atoms with van der Waals surface area (Å²) in [5, 5.41) is 17.5. The second-order valence-electron chi connectivity index (χ2n) is 3.96. The van der Waals surface area contributed by atoms with Crippen molar-refractivity contribution < 1.29 is 9.90 Å². The van der Waals surface area contributed by atoms with Crippen LogP contribution in [-0.4, -0.2) is 31.6 Å². The van der Waals surface area contributed by atoms with Crippen LogP contribution in [0.25, 0.3) is 11.4 Å². The minimum atomic E-state index is -0.867. The number of benzene rings is 1. The van der Waals surface area contributed by atoms with Crippen molar-refractivity contribution >= 4 is 33.7 Å². The standard InChI is InChI=1S/C12H12BrN3O2S/c1-7-8(4-3-5-9(7)13)11-14-15-12(16(11)2)19-6-10(17)18/h3-5H,6H2,1-2H3,(H,17,18). The van der Waals surface area contributed by atoms with Gasteiger partial charge in [0.2, 0.25) is 0 Å². The fourth-order valence-corrected chi connectivity index (χ4v) is 2.65. The third-order valence-electron chi connectivity index (χ3n) is 2.67. The summed E-state index contributed by atoms with van der Waals surface area (Å²) in [7, 11) is 1.83. The number of aromatic nitrogens is 3. The zero-order valence-electron chi connectivity index (χ0n) is 10.4. The van der Waals surface area contributed by atoms with Crippen molar-refractivity contribution in [2.45, 2.75) is 12.1 Å². The van der Waals surface area contributed by atoms with E-state index in [0.717, 1.165) is 33.2 Å². The first-order valence-corrected chi connectivity index (χ1v) is 7.28. The molecule has 2 aromatic rings. The van der Waals surface area contributed by atoms with Gasteiger partial charge in [0.05, 0.1) is 5.75 Å². The van der Waals surface area contributed by atoms with E-state index >= 15 is 0 Å². The lowest BCUT2D eigenvalue weighted by atomic mass is 10.1. The average molecular weight is 342 g/mol. The highest BCUT2D eigenvalue weighted by atomic mass is 79.9. The fraction of sp³-hybridized carbons (Fsp3) is 0.250. The van der Waals surface area contributed by atoms with Crippen molar-refractivity contribution in [2.75, 3.05) is 5.75 Å². The van der Waals surface area contributed by atoms with Crippen LogP contribution in [0.4, 0.5) is 0 Å². The lowest BCUT2D eigenvalue weighted by Gasteiger charge is -2.07. The Bertz CT molecular complexity index is 627. The minimum absolute atomic E-state index is 0.0244. The van der Waals surface area contributed by atoms with Crippen molar-refractivity contribution in [1.29, 1.82) is 0 Å². The van der Waals surface area contributed by atoms with Crippen LogP contribution in [0.1, 0.15) is 5.56 Å². The number of thioether (sulfide) groups is 1. The van der Waals surface area contributed by atoms with E-state index in [2.05, 4.69) is 26.1 Å². The first-order chi connectivity index (χ1) is 9.00. The number of rotatable bonds is 4. The summed E-state index contributed by atoms with van der Waals surface area (Å²) in [6.45, 7) is 2.00. The molecule has 7 heteroatoms. The molecular formula is C12H12BrN3O2S. The van der Waals surface area contributed by atoms with Gasteiger partial charge in [0, 0.05) is 17.1 Å². The van der Waals surface area contributed by atoms with Crippen LogP contribution in [0.5, 0.6) is 0 Å². The summed E-state index contributed by atoms with van der Waals surface area (Å²) < 4.78 is 2.82. The molecule has 0 aliphatic heterocycles. The molecule has 2 rings (SSSR count). The normalized spacial score (nSPS) is 10.7. The van der Waals surface area contributed by atoms with E-state index < -0.39 is 5.97 Å². The lowest BCUT2D eigenvalue weighted by Crippen LogP contribution is -2.01. The molecule has 0 amide bonds. The van der Waals surface area contributed by atoms with Crippen molar-refractivity contribution in [2.24, 2.45) is 7.05 Å². The molecule has 0 radical (unpaired) electrons. The van der Waals surface area contributed by atoms with Crippen molar-refractivity contribution in [3.8, 4) is 11.4 Å². The van der Waals surface area contributed by atoms with E-state index in [9.17, 15) is 4.79 Å². The number of nitrogens with zero attached hydrogens (tertiary/aromatic N) is 3. The lowest BCUT2D eigenvalue weighted by molar-refractivity contribution is -0.133. The summed E-state index contributed by atoms with van der Waals surface area (Å²) in [6, 6.07) is 5.87. The Morgan fingerprint density at radius 2 is 2.21 bits per heavy atom. The Balaban J connectivity index is 2.36. The summed E-state index contributed by atoms with van der Waals surface area (Å²) >= 11 is 4.64. The number of halogens is 1. The molecule has 100 valence electrons. The Morgan fingerprint density at radius 3 is 2.89 bits per heavy atom. The summed E-state index contributed by atoms with van der Waals surface area (Å²) in [5.41, 5.74) is 2.05. The second kappa shape index (κ2) is 5.75. The van der Waals surface area contributed by atoms with Gasteiger partial charge in [0.1, 0.15) is 0 Å². The predicted molar refractivity (Wildman–Crippen MR) is 77.2 cm³/mol. The third-order valence-corrected chi connectivity index (χ3v) is 4.53. The molecule has 0 unspecified atom stereocenters. The zero-order valence-corrected chi connectivity index (χ0v) is 12.8. The third kappa shape index (κ3) is 2.98. The summed E-state index contributed by atoms with van der Waals surface area (Å²) in [6.07, 6.45) is 0. The van der Waals surface area contributed by atoms with Gasteiger partial charge in [-0.05, 0) is 18.6 Å². The first-order valence-electron chi connectivity index (χ1n) is 5.50. The average Bonchev–Trinajstić information content (AvgIpc) is 2.72. The largest absolute Gasteiger partial charge is 0.481 e. The molecular weight excluding hydrogens is 330 g/mol. The summed E-state index contributed by atoms with van der Waals surface area (Å²) in [4.78, 5) is 10.6. The zero-order chi connectivity index (χ0) is 14.0. The number of hydrogen-bond acceptors (Lipinski definition) is 4. The first kappa shape index (κ1) is 14.1. The highest BCUT2D eigenvalue weighted by Crippen LogP contribution is 2.29. The van der Waals surface area contributed by atoms with Gasteiger partial charge < -0.3 is 9.67 Å². The minimum Gasteiger partial charge on any atom is -0.481 e. The Hall–Kier alpha value is -1.34. The van der Waals surface area contributed by atoms with Crippen molar-refractivity contribution in [1.82, 2.24) is 14.8 Å². The number of hydrogen-bond donors (Lipinski definition) is 1. The molecule has 0 spiro atoms. The molecule has 1 heterocycles. The van der Waals surface area contributed by atoms with Gasteiger partial charge in [-0.2, -0.15) is 0 Å². The van der Waals surface area contributed by atoms with Gasteiger partial charge in [0.15, 0.2) is 11.0 Å². The van der Waals surface area contributed by atoms with Crippen LogP contribution in [0.3, 0.4) is 0 Å². The topological polar surface area (TPSA) is 68.0 Å². The van der Waals surface area contributed by atoms with Gasteiger partial charge in [-0.3, -0.25) is 4.79 Å². The molecule has 1 aromatic carbocycles. The maximum Gasteiger partial charge on any atom is 0.313 e. The molecule has 0 aliphatic carbocycles. The molecule has 0 saturated carbocycles. The fourth-order valence-electron chi connectivity index (χ4n) is 1.65. The Morgan fingerprint density at radius 1 is 1.47 bits per heavy atom. The van der Waals surface area contributed by atoms with Gasteiger partial charge in [0.25, 0.3) is 0 Å². The molecule has 0 fully saturated rings. The summed E-state index contributed by atoms with van der Waals surface area (Å²) in [5.74, 6) is -0.163. The van der Waals surface area contributed by atoms with Gasteiger partial charge >= 0.3 is 5.97 Å². The Kier molecular flexibility index (Phi) is 4.26. The molecule has 0 saturated heterocycles. The number of carboxylic acids is 1. The smallest absolute Gasteiger partial charge is 0.313 e. The van der Waals surface area contributed by atoms with Gasteiger partial charge in [-0.1, -0.05) is 39.8 Å². The maximum atomic E-state index is 10.6. The van der Waals surface area contributed by atoms with E-state index in [-0.39, 0.29) is 5.75 Å². The van der Waals surface area contributed by atoms with Crippen LogP contribution < -0.4 is 0 Å². The highest BCUT2D eigenvalue weighted by molar-refractivity contribution is 9.10. The molecule has 0 atom stereocenters. The van der Waals surface area contributed by atoms with Crippen LogP contribution in [0.15, 0.2) is 27.8 Å². The van der Waals surface area contributed by atoms with E-state index in [1.807, 2.05) is 36.7 Å². The number of carboxylic acid groups (broad SMARTS) is 1. The molecule has 5 nitrogen and oxygen atoms in total. The van der Waals surface area contributed by atoms with Crippen LogP contribution in [0.2, 0.25) is 0 Å². The van der Waals surface area contributed by atoms with Crippen molar-refractivity contribution in [3.05, 3.63) is 28.2 Å². The predicted octanol–water partition coefficient (Wildman–Crippen LogP) is 2.73. The van der Waals surface area contributed by atoms with Gasteiger partial charge in [-0.15, -0.1) is 10.2 Å². The molecule has 0 bridgehead atoms. The van der Waals surface area contributed by atoms with Crippen LogP contribution >= 0.6 is 27.7 Å². The number of aliphatic carboxylic acids is 1. The molecule has 0 aliphatic rings.